The topological polar surface area (TPSA) is 45.6 Å². The van der Waals surface area contributed by atoms with E-state index in [1.54, 1.807) is 23.2 Å². The fourth-order valence-electron chi connectivity index (χ4n) is 3.79. The molecule has 27 heavy (non-hydrogen) atoms. The van der Waals surface area contributed by atoms with Gasteiger partial charge in [0.05, 0.1) is 16.3 Å². The van der Waals surface area contributed by atoms with Gasteiger partial charge in [-0.05, 0) is 30.0 Å². The lowest BCUT2D eigenvalue weighted by Gasteiger charge is -2.34. The van der Waals surface area contributed by atoms with Crippen LogP contribution in [0, 0.1) is 0 Å². The quantitative estimate of drug-likeness (QED) is 0.696. The average Bonchev–Trinajstić information content (AvgIpc) is 3.28. The fourth-order valence-corrected chi connectivity index (χ4v) is 4.60. The van der Waals surface area contributed by atoms with Crippen LogP contribution < -0.4 is 0 Å². The van der Waals surface area contributed by atoms with Crippen molar-refractivity contribution in [3.05, 3.63) is 59.1 Å². The lowest BCUT2D eigenvalue weighted by Crippen LogP contribution is -2.50. The Morgan fingerprint density at radius 3 is 2.33 bits per heavy atom. The molecule has 4 rings (SSSR count). The lowest BCUT2D eigenvalue weighted by atomic mass is 10.1. The Balaban J connectivity index is 1.67. The molecule has 1 aliphatic heterocycles. The van der Waals surface area contributed by atoms with E-state index in [1.165, 1.54) is 5.56 Å². The molecule has 1 fully saturated rings. The Bertz CT molecular complexity index is 968. The number of carbonyl (C=O) groups excluding carboxylic acids is 2. The van der Waals surface area contributed by atoms with Gasteiger partial charge in [-0.3, -0.25) is 9.59 Å². The predicted octanol–water partition coefficient (Wildman–Crippen LogP) is 3.62. The van der Waals surface area contributed by atoms with Crippen LogP contribution in [0.25, 0.3) is 10.2 Å². The zero-order chi connectivity index (χ0) is 19.0. The van der Waals surface area contributed by atoms with Crippen LogP contribution in [0.4, 0.5) is 0 Å². The molecule has 1 atom stereocenters. The lowest BCUT2D eigenvalue weighted by molar-refractivity contribution is -0.130. The van der Waals surface area contributed by atoms with Gasteiger partial charge in [0.15, 0.2) is 0 Å². The fraction of sp³-hybridized carbons (Fsp3) is 0.333. The molecule has 1 aromatic carbocycles. The highest BCUT2D eigenvalue weighted by atomic mass is 32.1. The first kappa shape index (κ1) is 17.8. The molecular weight excluding hydrogens is 358 g/mol. The third-order valence-electron chi connectivity index (χ3n) is 5.36. The van der Waals surface area contributed by atoms with Crippen molar-refractivity contribution < 1.29 is 9.59 Å². The van der Waals surface area contributed by atoms with Crippen LogP contribution in [-0.2, 0) is 4.79 Å². The molecule has 6 heteroatoms. The maximum atomic E-state index is 13.3. The van der Waals surface area contributed by atoms with Gasteiger partial charge in [-0.1, -0.05) is 30.3 Å². The van der Waals surface area contributed by atoms with Crippen LogP contribution in [0.2, 0.25) is 0 Å². The van der Waals surface area contributed by atoms with Crippen molar-refractivity contribution in [3.8, 4) is 0 Å². The second-order valence-electron chi connectivity index (χ2n) is 6.95. The van der Waals surface area contributed by atoms with Gasteiger partial charge in [0.2, 0.25) is 5.91 Å². The molecule has 0 saturated carbocycles. The van der Waals surface area contributed by atoms with Crippen LogP contribution in [0.15, 0.2) is 47.8 Å². The average molecular weight is 382 g/mol. The maximum Gasteiger partial charge on any atom is 0.270 e. The number of thiophene rings is 1. The highest BCUT2D eigenvalue weighted by Crippen LogP contribution is 2.32. The minimum atomic E-state index is 0.0457. The van der Waals surface area contributed by atoms with Crippen LogP contribution in [-0.4, -0.2) is 52.4 Å². The first-order valence-corrected chi connectivity index (χ1v) is 10.1. The minimum absolute atomic E-state index is 0.0457. The van der Waals surface area contributed by atoms with Gasteiger partial charge in [0.25, 0.3) is 5.91 Å². The summed E-state index contributed by atoms with van der Waals surface area (Å²) in [5.41, 5.74) is 3.00. The molecule has 0 bridgehead atoms. The van der Waals surface area contributed by atoms with Crippen LogP contribution in [0.5, 0.6) is 0 Å². The highest BCUT2D eigenvalue weighted by molar-refractivity contribution is 7.17. The number of rotatable bonds is 3. The van der Waals surface area contributed by atoms with Gasteiger partial charge in [0.1, 0.15) is 5.69 Å². The summed E-state index contributed by atoms with van der Waals surface area (Å²) in [6, 6.07) is 14.4. The smallest absolute Gasteiger partial charge is 0.270 e. The Morgan fingerprint density at radius 1 is 1.00 bits per heavy atom. The second-order valence-corrected chi connectivity index (χ2v) is 7.90. The summed E-state index contributed by atoms with van der Waals surface area (Å²) in [6.07, 6.45) is 0. The van der Waals surface area contributed by atoms with Crippen molar-refractivity contribution in [2.75, 3.05) is 26.2 Å². The van der Waals surface area contributed by atoms with Gasteiger partial charge in [-0.2, -0.15) is 0 Å². The number of hydrogen-bond acceptors (Lipinski definition) is 3. The van der Waals surface area contributed by atoms with E-state index in [2.05, 4.69) is 35.1 Å². The van der Waals surface area contributed by atoms with Gasteiger partial charge < -0.3 is 14.4 Å². The Labute approximate surface area is 162 Å². The largest absolute Gasteiger partial charge is 0.339 e. The molecule has 3 aromatic rings. The van der Waals surface area contributed by atoms with E-state index < -0.39 is 0 Å². The first-order valence-electron chi connectivity index (χ1n) is 9.24. The molecule has 0 radical (unpaired) electrons. The zero-order valence-electron chi connectivity index (χ0n) is 15.6. The SMILES string of the molecule is CC(=O)N1CCN(C(=O)c2cc3sccc3n2[C@@H](C)c2ccccc2)CC1. The van der Waals surface area contributed by atoms with E-state index >= 15 is 0 Å². The van der Waals surface area contributed by atoms with Gasteiger partial charge in [0, 0.05) is 33.1 Å². The predicted molar refractivity (Wildman–Crippen MR) is 108 cm³/mol. The van der Waals surface area contributed by atoms with Gasteiger partial charge in [-0.25, -0.2) is 0 Å². The normalized spacial score (nSPS) is 15.9. The van der Waals surface area contributed by atoms with Crippen LogP contribution in [0.3, 0.4) is 0 Å². The van der Waals surface area contributed by atoms with Crippen molar-refractivity contribution in [2.24, 2.45) is 0 Å². The third-order valence-corrected chi connectivity index (χ3v) is 6.21. The molecule has 1 saturated heterocycles. The molecular formula is C21H23N3O2S. The first-order chi connectivity index (χ1) is 13.1. The summed E-state index contributed by atoms with van der Waals surface area (Å²) < 4.78 is 3.28. The minimum Gasteiger partial charge on any atom is -0.339 e. The summed E-state index contributed by atoms with van der Waals surface area (Å²) in [4.78, 5) is 28.5. The number of benzene rings is 1. The van der Waals surface area contributed by atoms with Crippen molar-refractivity contribution in [1.82, 2.24) is 14.4 Å². The second kappa shape index (κ2) is 7.19. The van der Waals surface area contributed by atoms with Crippen molar-refractivity contribution in [1.29, 1.82) is 0 Å². The number of amides is 2. The van der Waals surface area contributed by atoms with Crippen molar-refractivity contribution >= 4 is 33.4 Å². The van der Waals surface area contributed by atoms with Gasteiger partial charge >= 0.3 is 0 Å². The van der Waals surface area contributed by atoms with E-state index in [1.807, 2.05) is 29.2 Å². The van der Waals surface area contributed by atoms with E-state index in [4.69, 9.17) is 0 Å². The highest BCUT2D eigenvalue weighted by Gasteiger charge is 2.28. The zero-order valence-corrected chi connectivity index (χ0v) is 16.4. The van der Waals surface area contributed by atoms with Gasteiger partial charge in [-0.15, -0.1) is 11.3 Å². The van der Waals surface area contributed by atoms with E-state index in [9.17, 15) is 9.59 Å². The molecule has 140 valence electrons. The van der Waals surface area contributed by atoms with E-state index in [-0.39, 0.29) is 17.9 Å². The molecule has 5 nitrogen and oxygen atoms in total. The molecule has 0 N–H and O–H groups in total. The monoisotopic (exact) mass is 381 g/mol. The number of fused-ring (bicyclic) bond motifs is 1. The number of aromatic nitrogens is 1. The molecule has 0 unspecified atom stereocenters. The molecule has 3 heterocycles. The summed E-state index contributed by atoms with van der Waals surface area (Å²) >= 11 is 1.66. The van der Waals surface area contributed by atoms with Crippen molar-refractivity contribution in [3.63, 3.8) is 0 Å². The summed E-state index contributed by atoms with van der Waals surface area (Å²) in [7, 11) is 0. The molecule has 0 aliphatic carbocycles. The third kappa shape index (κ3) is 3.25. The number of nitrogens with zero attached hydrogens (tertiary/aromatic N) is 3. The number of hydrogen-bond donors (Lipinski definition) is 0. The summed E-state index contributed by atoms with van der Waals surface area (Å²) in [6.45, 7) is 6.08. The molecule has 1 aliphatic rings. The Hall–Kier alpha value is -2.60. The standard InChI is InChI=1S/C21H23N3O2S/c1-15(17-6-4-3-5-7-17)24-18-8-13-27-20(18)14-19(24)21(26)23-11-9-22(10-12-23)16(2)25/h3-8,13-15H,9-12H2,1-2H3/t15-/m0/s1. The molecule has 0 spiro atoms. The van der Waals surface area contributed by atoms with Crippen molar-refractivity contribution in [2.45, 2.75) is 19.9 Å². The van der Waals surface area contributed by atoms with Crippen LogP contribution in [0.1, 0.15) is 35.9 Å². The summed E-state index contributed by atoms with van der Waals surface area (Å²) in [5.74, 6) is 0.119. The number of carbonyl (C=O) groups is 2. The maximum absolute atomic E-state index is 13.3. The molecule has 2 aromatic heterocycles. The Morgan fingerprint density at radius 2 is 1.67 bits per heavy atom. The van der Waals surface area contributed by atoms with E-state index in [0.717, 1.165) is 15.9 Å². The number of piperazine rings is 1. The van der Waals surface area contributed by atoms with E-state index in [0.29, 0.717) is 26.2 Å². The summed E-state index contributed by atoms with van der Waals surface area (Å²) in [5, 5.41) is 2.07. The Kier molecular flexibility index (Phi) is 4.74. The van der Waals surface area contributed by atoms with Crippen LogP contribution >= 0.6 is 11.3 Å². The molecule has 2 amide bonds.